The molecule has 0 aliphatic carbocycles. The maximum absolute atomic E-state index is 5.49. The average molecular weight is 187 g/mol. The average Bonchev–Trinajstić information content (AvgIpc) is 2.48. The summed E-state index contributed by atoms with van der Waals surface area (Å²) in [6, 6.07) is 0.442. The molecule has 0 saturated carbocycles. The quantitative estimate of drug-likeness (QED) is 0.697. The van der Waals surface area contributed by atoms with Crippen LogP contribution in [0.2, 0.25) is 0 Å². The van der Waals surface area contributed by atoms with Crippen LogP contribution < -0.4 is 5.32 Å². The van der Waals surface area contributed by atoms with Gasteiger partial charge in [0.1, 0.15) is 0 Å². The highest BCUT2D eigenvalue weighted by atomic mass is 16.5. The first-order chi connectivity index (χ1) is 6.24. The van der Waals surface area contributed by atoms with Crippen LogP contribution in [0.3, 0.4) is 0 Å². The van der Waals surface area contributed by atoms with Crippen LogP contribution in [0.1, 0.15) is 20.3 Å². The second kappa shape index (κ2) is 5.58. The number of methoxy groups -OCH3 is 1. The Labute approximate surface area is 80.8 Å². The van der Waals surface area contributed by atoms with E-state index in [0.717, 1.165) is 19.8 Å². The van der Waals surface area contributed by atoms with E-state index in [2.05, 4.69) is 19.2 Å². The molecule has 1 rings (SSSR count). The van der Waals surface area contributed by atoms with E-state index in [9.17, 15) is 0 Å². The van der Waals surface area contributed by atoms with Crippen LogP contribution in [0, 0.1) is 5.92 Å². The molecule has 1 fully saturated rings. The van der Waals surface area contributed by atoms with Crippen molar-refractivity contribution in [2.75, 3.05) is 26.9 Å². The lowest BCUT2D eigenvalue weighted by Gasteiger charge is -2.18. The van der Waals surface area contributed by atoms with E-state index in [0.29, 0.717) is 18.1 Å². The molecule has 3 atom stereocenters. The second-order valence-corrected chi connectivity index (χ2v) is 3.89. The summed E-state index contributed by atoms with van der Waals surface area (Å²) in [5.41, 5.74) is 0. The van der Waals surface area contributed by atoms with Gasteiger partial charge in [0.05, 0.1) is 12.7 Å². The molecule has 0 spiro atoms. The van der Waals surface area contributed by atoms with Crippen molar-refractivity contribution in [3.05, 3.63) is 0 Å². The van der Waals surface area contributed by atoms with Crippen LogP contribution in [0.5, 0.6) is 0 Å². The van der Waals surface area contributed by atoms with E-state index in [1.165, 1.54) is 6.42 Å². The summed E-state index contributed by atoms with van der Waals surface area (Å²) >= 11 is 0. The first-order valence-corrected chi connectivity index (χ1v) is 5.08. The van der Waals surface area contributed by atoms with Crippen LogP contribution >= 0.6 is 0 Å². The zero-order valence-electron chi connectivity index (χ0n) is 8.88. The lowest BCUT2D eigenvalue weighted by Crippen LogP contribution is -2.36. The van der Waals surface area contributed by atoms with Gasteiger partial charge in [0.15, 0.2) is 0 Å². The van der Waals surface area contributed by atoms with Crippen molar-refractivity contribution in [3.63, 3.8) is 0 Å². The molecule has 0 bridgehead atoms. The van der Waals surface area contributed by atoms with Gasteiger partial charge in [-0.05, 0) is 26.2 Å². The fraction of sp³-hybridized carbons (Fsp3) is 1.00. The van der Waals surface area contributed by atoms with E-state index in [4.69, 9.17) is 9.47 Å². The third-order valence-corrected chi connectivity index (χ3v) is 2.68. The minimum Gasteiger partial charge on any atom is -0.383 e. The van der Waals surface area contributed by atoms with Crippen molar-refractivity contribution in [1.29, 1.82) is 0 Å². The molecule has 0 aromatic rings. The summed E-state index contributed by atoms with van der Waals surface area (Å²) in [4.78, 5) is 0. The lowest BCUT2D eigenvalue weighted by molar-refractivity contribution is 0.103. The fourth-order valence-electron chi connectivity index (χ4n) is 1.71. The Kier molecular flexibility index (Phi) is 4.70. The zero-order valence-corrected chi connectivity index (χ0v) is 8.88. The molecule has 0 radical (unpaired) electrons. The summed E-state index contributed by atoms with van der Waals surface area (Å²) in [6.45, 7) is 7.05. The summed E-state index contributed by atoms with van der Waals surface area (Å²) < 4.78 is 10.5. The molecule has 3 nitrogen and oxygen atoms in total. The topological polar surface area (TPSA) is 30.5 Å². The van der Waals surface area contributed by atoms with Crippen molar-refractivity contribution >= 4 is 0 Å². The van der Waals surface area contributed by atoms with Gasteiger partial charge in [-0.3, -0.25) is 0 Å². The van der Waals surface area contributed by atoms with E-state index >= 15 is 0 Å². The first kappa shape index (κ1) is 11.0. The molecule has 13 heavy (non-hydrogen) atoms. The van der Waals surface area contributed by atoms with Gasteiger partial charge in [0, 0.05) is 26.3 Å². The van der Waals surface area contributed by atoms with E-state index < -0.39 is 0 Å². The second-order valence-electron chi connectivity index (χ2n) is 3.89. The molecule has 1 aliphatic rings. The maximum atomic E-state index is 5.49. The third-order valence-electron chi connectivity index (χ3n) is 2.68. The van der Waals surface area contributed by atoms with Crippen molar-refractivity contribution < 1.29 is 9.47 Å². The number of hydrogen-bond donors (Lipinski definition) is 1. The molecule has 3 heteroatoms. The zero-order chi connectivity index (χ0) is 9.68. The first-order valence-electron chi connectivity index (χ1n) is 5.08. The van der Waals surface area contributed by atoms with Gasteiger partial charge >= 0.3 is 0 Å². The van der Waals surface area contributed by atoms with Crippen molar-refractivity contribution in [1.82, 2.24) is 5.32 Å². The lowest BCUT2D eigenvalue weighted by atomic mass is 10.0. The predicted molar refractivity (Wildman–Crippen MR) is 52.9 cm³/mol. The van der Waals surface area contributed by atoms with Gasteiger partial charge in [-0.1, -0.05) is 0 Å². The monoisotopic (exact) mass is 187 g/mol. The molecule has 1 N–H and O–H groups in total. The number of nitrogens with one attached hydrogen (secondary N) is 1. The number of hydrogen-bond acceptors (Lipinski definition) is 3. The van der Waals surface area contributed by atoms with Gasteiger partial charge in [0.25, 0.3) is 0 Å². The molecule has 1 heterocycles. The Hall–Kier alpha value is -0.120. The Morgan fingerprint density at radius 3 is 2.92 bits per heavy atom. The number of ether oxygens (including phenoxy) is 2. The van der Waals surface area contributed by atoms with Crippen molar-refractivity contribution in [2.24, 2.45) is 5.92 Å². The summed E-state index contributed by atoms with van der Waals surface area (Å²) in [7, 11) is 1.74. The van der Waals surface area contributed by atoms with Gasteiger partial charge in [0.2, 0.25) is 0 Å². The Morgan fingerprint density at radius 1 is 1.62 bits per heavy atom. The van der Waals surface area contributed by atoms with Crippen LogP contribution in [0.25, 0.3) is 0 Å². The molecular formula is C10H21NO2. The highest BCUT2D eigenvalue weighted by molar-refractivity contribution is 4.75. The van der Waals surface area contributed by atoms with E-state index in [1.807, 2.05) is 0 Å². The largest absolute Gasteiger partial charge is 0.383 e. The molecular weight excluding hydrogens is 166 g/mol. The van der Waals surface area contributed by atoms with Gasteiger partial charge in [-0.15, -0.1) is 0 Å². The maximum Gasteiger partial charge on any atom is 0.0613 e. The summed E-state index contributed by atoms with van der Waals surface area (Å²) in [5.74, 6) is 0.680. The summed E-state index contributed by atoms with van der Waals surface area (Å²) in [6.07, 6.45) is 1.61. The highest BCUT2D eigenvalue weighted by Crippen LogP contribution is 2.19. The standard InChI is InChI=1S/C10H21NO2/c1-8(7-12-3)11-6-10-4-5-13-9(10)2/h8-11H,4-7H2,1-3H3. The Morgan fingerprint density at radius 2 is 2.38 bits per heavy atom. The molecule has 3 unspecified atom stereocenters. The van der Waals surface area contributed by atoms with Crippen molar-refractivity contribution in [2.45, 2.75) is 32.4 Å². The Balaban J connectivity index is 2.10. The van der Waals surface area contributed by atoms with Gasteiger partial charge < -0.3 is 14.8 Å². The molecule has 0 aromatic heterocycles. The minimum atomic E-state index is 0.419. The van der Waals surface area contributed by atoms with Crippen LogP contribution in [0.4, 0.5) is 0 Å². The van der Waals surface area contributed by atoms with Crippen LogP contribution in [-0.2, 0) is 9.47 Å². The van der Waals surface area contributed by atoms with Gasteiger partial charge in [-0.25, -0.2) is 0 Å². The predicted octanol–water partition coefficient (Wildman–Crippen LogP) is 1.04. The Bertz CT molecular complexity index is 141. The van der Waals surface area contributed by atoms with Crippen LogP contribution in [-0.4, -0.2) is 39.0 Å². The molecule has 1 aliphatic heterocycles. The van der Waals surface area contributed by atoms with Gasteiger partial charge in [-0.2, -0.15) is 0 Å². The highest BCUT2D eigenvalue weighted by Gasteiger charge is 2.23. The molecule has 0 aromatic carbocycles. The fourth-order valence-corrected chi connectivity index (χ4v) is 1.71. The normalized spacial score (nSPS) is 30.7. The molecule has 1 saturated heterocycles. The molecule has 78 valence electrons. The third kappa shape index (κ3) is 3.63. The smallest absolute Gasteiger partial charge is 0.0613 e. The van der Waals surface area contributed by atoms with Crippen LogP contribution in [0.15, 0.2) is 0 Å². The van der Waals surface area contributed by atoms with Crippen molar-refractivity contribution in [3.8, 4) is 0 Å². The minimum absolute atomic E-state index is 0.419. The number of rotatable bonds is 5. The SMILES string of the molecule is COCC(C)NCC1CCOC1C. The molecule has 0 amide bonds. The summed E-state index contributed by atoms with van der Waals surface area (Å²) in [5, 5.41) is 3.45. The van der Waals surface area contributed by atoms with E-state index in [-0.39, 0.29) is 0 Å². The van der Waals surface area contributed by atoms with E-state index in [1.54, 1.807) is 7.11 Å².